The highest BCUT2D eigenvalue weighted by Gasteiger charge is 2.55. The number of benzene rings is 2. The summed E-state index contributed by atoms with van der Waals surface area (Å²) in [4.78, 5) is 42.1. The summed E-state index contributed by atoms with van der Waals surface area (Å²) in [5.41, 5.74) is 7.91. The molecular formula is C40H50N8O2. The lowest BCUT2D eigenvalue weighted by Crippen LogP contribution is -2.57. The van der Waals surface area contributed by atoms with Gasteiger partial charge < -0.3 is 25.4 Å². The molecule has 1 aliphatic carbocycles. The molecule has 2 aromatic heterocycles. The third kappa shape index (κ3) is 5.39. The molecule has 8 rings (SSSR count). The van der Waals surface area contributed by atoms with Crippen LogP contribution < -0.4 is 20.9 Å². The van der Waals surface area contributed by atoms with Crippen molar-refractivity contribution in [1.82, 2.24) is 30.1 Å². The molecular weight excluding hydrogens is 624 g/mol. The van der Waals surface area contributed by atoms with Crippen LogP contribution in [0.3, 0.4) is 0 Å². The smallest absolute Gasteiger partial charge is 0.251 e. The number of fused-ring (bicyclic) bond motifs is 3. The Kier molecular flexibility index (Phi) is 8.02. The van der Waals surface area contributed by atoms with Gasteiger partial charge in [0, 0.05) is 54.2 Å². The molecule has 1 saturated carbocycles. The number of hydrogen-bond donors (Lipinski definition) is 3. The Bertz CT molecular complexity index is 1980. The van der Waals surface area contributed by atoms with Crippen molar-refractivity contribution in [2.75, 3.05) is 43.4 Å². The number of nitrogens with one attached hydrogen (secondary N) is 3. The second-order valence-electron chi connectivity index (χ2n) is 16.1. The fourth-order valence-corrected chi connectivity index (χ4v) is 8.89. The van der Waals surface area contributed by atoms with E-state index < -0.39 is 5.41 Å². The average molecular weight is 675 g/mol. The maximum atomic E-state index is 14.6. The van der Waals surface area contributed by atoms with Crippen molar-refractivity contribution < 1.29 is 9.59 Å². The van der Waals surface area contributed by atoms with E-state index in [9.17, 15) is 9.59 Å². The third-order valence-electron chi connectivity index (χ3n) is 11.9. The SMILES string of the molecule is CNC(=O)c1cc(Nc2nc(-c3ccc4c(c3)N(C3CC(N5CCC(C)(C)C5)C3)C(=O)C43CCNCC3)cc3ncn(C(C)C)c23)ccc1C. The van der Waals surface area contributed by atoms with Gasteiger partial charge in [0.15, 0.2) is 5.82 Å². The van der Waals surface area contributed by atoms with E-state index in [1.54, 1.807) is 7.05 Å². The number of rotatable bonds is 7. The number of anilines is 3. The molecule has 3 aliphatic heterocycles. The molecule has 3 N–H and O–H groups in total. The van der Waals surface area contributed by atoms with Gasteiger partial charge in [0.05, 0.1) is 23.0 Å². The van der Waals surface area contributed by atoms with Gasteiger partial charge in [-0.3, -0.25) is 14.5 Å². The van der Waals surface area contributed by atoms with Crippen molar-refractivity contribution in [3.05, 3.63) is 65.5 Å². The fraction of sp³-hybridized carbons (Fsp3) is 0.500. The molecule has 2 saturated heterocycles. The zero-order valence-corrected chi connectivity index (χ0v) is 30.3. The second kappa shape index (κ2) is 12.2. The van der Waals surface area contributed by atoms with Crippen LogP contribution in [0, 0.1) is 12.3 Å². The molecule has 2 amide bonds. The number of imidazole rings is 1. The van der Waals surface area contributed by atoms with Crippen LogP contribution in [0.4, 0.5) is 17.2 Å². The standard InChI is InChI=1S/C40H50N8O2/c1-24(2)47-23-43-33-21-32(45-36(35(33)47)44-27-9-7-25(3)30(18-27)37(49)41-6)26-8-10-31-34(17-26)48(38(50)40(31)11-14-42-15-12-40)29-19-28(20-29)46-16-13-39(4,5)22-46/h7-10,17-18,21,23-24,28-29,42H,11-16,19-20,22H2,1-6H3,(H,41,49)(H,44,45). The van der Waals surface area contributed by atoms with Gasteiger partial charge in [-0.05, 0) is 113 Å². The number of piperidine rings is 1. The van der Waals surface area contributed by atoms with Crippen LogP contribution in [0.15, 0.2) is 48.8 Å². The van der Waals surface area contributed by atoms with E-state index in [2.05, 4.69) is 82.3 Å². The van der Waals surface area contributed by atoms with E-state index in [0.29, 0.717) is 22.8 Å². The summed E-state index contributed by atoms with van der Waals surface area (Å²) < 4.78 is 2.13. The molecule has 2 aromatic carbocycles. The summed E-state index contributed by atoms with van der Waals surface area (Å²) >= 11 is 0. The minimum absolute atomic E-state index is 0.129. The van der Waals surface area contributed by atoms with Crippen molar-refractivity contribution in [1.29, 1.82) is 0 Å². The number of aryl methyl sites for hydroxylation is 1. The van der Waals surface area contributed by atoms with Crippen molar-refractivity contribution in [3.63, 3.8) is 0 Å². The number of amides is 2. The Morgan fingerprint density at radius 1 is 1.02 bits per heavy atom. The Labute approximate surface area is 295 Å². The lowest BCUT2D eigenvalue weighted by molar-refractivity contribution is -0.125. The van der Waals surface area contributed by atoms with Gasteiger partial charge in [0.1, 0.15) is 5.52 Å². The van der Waals surface area contributed by atoms with E-state index in [4.69, 9.17) is 9.97 Å². The first-order chi connectivity index (χ1) is 24.0. The molecule has 0 atom stereocenters. The largest absolute Gasteiger partial charge is 0.355 e. The lowest BCUT2D eigenvalue weighted by atomic mass is 9.74. The van der Waals surface area contributed by atoms with Crippen LogP contribution in [-0.2, 0) is 10.2 Å². The van der Waals surface area contributed by atoms with Crippen LogP contribution in [0.5, 0.6) is 0 Å². The molecule has 0 unspecified atom stereocenters. The van der Waals surface area contributed by atoms with Crippen LogP contribution in [0.25, 0.3) is 22.3 Å². The van der Waals surface area contributed by atoms with Crippen LogP contribution in [0.1, 0.15) is 87.3 Å². The first kappa shape index (κ1) is 32.9. The predicted molar refractivity (Wildman–Crippen MR) is 199 cm³/mol. The second-order valence-corrected chi connectivity index (χ2v) is 16.1. The molecule has 4 aliphatic rings. The molecule has 3 fully saturated rings. The number of carbonyl (C=O) groups excluding carboxylic acids is 2. The number of likely N-dealkylation sites (tertiary alicyclic amines) is 1. The van der Waals surface area contributed by atoms with E-state index in [-0.39, 0.29) is 23.9 Å². The van der Waals surface area contributed by atoms with Gasteiger partial charge in [-0.1, -0.05) is 32.0 Å². The van der Waals surface area contributed by atoms with E-state index in [1.807, 2.05) is 31.5 Å². The van der Waals surface area contributed by atoms with Crippen LogP contribution >= 0.6 is 0 Å². The van der Waals surface area contributed by atoms with Crippen LogP contribution in [0.2, 0.25) is 0 Å². The van der Waals surface area contributed by atoms with Crippen LogP contribution in [-0.4, -0.2) is 76.6 Å². The molecule has 10 nitrogen and oxygen atoms in total. The molecule has 1 spiro atoms. The number of hydrogen-bond acceptors (Lipinski definition) is 7. The van der Waals surface area contributed by atoms with Gasteiger partial charge in [0.25, 0.3) is 5.91 Å². The van der Waals surface area contributed by atoms with Gasteiger partial charge in [-0.15, -0.1) is 0 Å². The molecule has 4 aromatic rings. The predicted octanol–water partition coefficient (Wildman–Crippen LogP) is 6.32. The minimum Gasteiger partial charge on any atom is -0.355 e. The zero-order chi connectivity index (χ0) is 34.9. The number of nitrogens with zero attached hydrogens (tertiary/aromatic N) is 5. The number of pyridine rings is 1. The maximum Gasteiger partial charge on any atom is 0.251 e. The molecule has 0 bridgehead atoms. The highest BCUT2D eigenvalue weighted by molar-refractivity contribution is 6.09. The topological polar surface area (TPSA) is 107 Å². The molecule has 262 valence electrons. The Hall–Kier alpha value is -4.28. The molecule has 5 heterocycles. The molecule has 50 heavy (non-hydrogen) atoms. The minimum atomic E-state index is -0.464. The highest BCUT2D eigenvalue weighted by atomic mass is 16.2. The number of carbonyl (C=O) groups is 2. The first-order valence-corrected chi connectivity index (χ1v) is 18.4. The van der Waals surface area contributed by atoms with Gasteiger partial charge >= 0.3 is 0 Å². The summed E-state index contributed by atoms with van der Waals surface area (Å²) in [7, 11) is 1.65. The summed E-state index contributed by atoms with van der Waals surface area (Å²) in [5.74, 6) is 0.828. The zero-order valence-electron chi connectivity index (χ0n) is 30.3. The Morgan fingerprint density at radius 3 is 2.50 bits per heavy atom. The van der Waals surface area contributed by atoms with Crippen molar-refractivity contribution >= 4 is 40.0 Å². The summed E-state index contributed by atoms with van der Waals surface area (Å²) in [5, 5.41) is 9.78. The molecule has 0 radical (unpaired) electrons. The van der Waals surface area contributed by atoms with Gasteiger partial charge in [-0.2, -0.15) is 0 Å². The normalized spacial score (nSPS) is 22.7. The third-order valence-corrected chi connectivity index (χ3v) is 11.9. The summed E-state index contributed by atoms with van der Waals surface area (Å²) in [6.45, 7) is 14.9. The van der Waals surface area contributed by atoms with Gasteiger partial charge in [0.2, 0.25) is 5.91 Å². The quantitative estimate of drug-likeness (QED) is 0.211. The monoisotopic (exact) mass is 674 g/mol. The maximum absolute atomic E-state index is 14.6. The van der Waals surface area contributed by atoms with E-state index in [1.165, 1.54) is 12.0 Å². The average Bonchev–Trinajstić information content (AvgIpc) is 3.74. The van der Waals surface area contributed by atoms with Gasteiger partial charge in [-0.25, -0.2) is 9.97 Å². The molecule has 10 heteroatoms. The Balaban J connectivity index is 1.18. The lowest BCUT2D eigenvalue weighted by Gasteiger charge is -2.46. The van der Waals surface area contributed by atoms with Crippen molar-refractivity contribution in [3.8, 4) is 11.3 Å². The fourth-order valence-electron chi connectivity index (χ4n) is 8.89. The number of aromatic nitrogens is 3. The highest BCUT2D eigenvalue weighted by Crippen LogP contribution is 2.52. The first-order valence-electron chi connectivity index (χ1n) is 18.4. The summed E-state index contributed by atoms with van der Waals surface area (Å²) in [6.07, 6.45) is 6.81. The van der Waals surface area contributed by atoms with E-state index >= 15 is 0 Å². The Morgan fingerprint density at radius 2 is 1.80 bits per heavy atom. The van der Waals surface area contributed by atoms with E-state index in [0.717, 1.165) is 91.1 Å². The van der Waals surface area contributed by atoms with Crippen molar-refractivity contribution in [2.45, 2.75) is 90.3 Å². The van der Waals surface area contributed by atoms with Crippen molar-refractivity contribution in [2.24, 2.45) is 5.41 Å². The summed E-state index contributed by atoms with van der Waals surface area (Å²) in [6, 6.07) is 15.3.